The van der Waals surface area contributed by atoms with Crippen LogP contribution in [0.3, 0.4) is 0 Å². The molecule has 5 heteroatoms. The van der Waals surface area contributed by atoms with Gasteiger partial charge in [0.05, 0.1) is 0 Å². The lowest BCUT2D eigenvalue weighted by molar-refractivity contribution is 0.935. The lowest BCUT2D eigenvalue weighted by Crippen LogP contribution is -1.72. The summed E-state index contributed by atoms with van der Waals surface area (Å²) in [5, 5.41) is 7.84. The van der Waals surface area contributed by atoms with Gasteiger partial charge < -0.3 is 0 Å². The molecule has 0 fully saturated rings. The Bertz CT molecular complexity index is 125. The van der Waals surface area contributed by atoms with Crippen LogP contribution in [0.1, 0.15) is 5.01 Å². The molecule has 0 atom stereocenters. The molecule has 0 spiro atoms. The molecule has 0 N–H and O–H groups in total. The van der Waals surface area contributed by atoms with Gasteiger partial charge in [0, 0.05) is 17.3 Å². The van der Waals surface area contributed by atoms with Crippen molar-refractivity contribution in [2.75, 3.05) is 0 Å². The van der Waals surface area contributed by atoms with E-state index >= 15 is 0 Å². The standard InChI is InChI=1S/C2H3N3S2/c6-1-2-3-4-5-7-2/h6H,1H2. The van der Waals surface area contributed by atoms with E-state index in [1.165, 1.54) is 11.5 Å². The molecule has 0 aliphatic carbocycles. The molecule has 38 valence electrons. The van der Waals surface area contributed by atoms with Gasteiger partial charge in [0.25, 0.3) is 0 Å². The van der Waals surface area contributed by atoms with Crippen molar-refractivity contribution in [1.29, 1.82) is 0 Å². The van der Waals surface area contributed by atoms with Crippen LogP contribution in [0.4, 0.5) is 0 Å². The second-order valence-corrected chi connectivity index (χ2v) is 2.05. The first-order valence-electron chi connectivity index (χ1n) is 1.68. The van der Waals surface area contributed by atoms with E-state index in [0.29, 0.717) is 5.75 Å². The zero-order chi connectivity index (χ0) is 5.11. The number of thiol groups is 1. The molecule has 0 unspecified atom stereocenters. The van der Waals surface area contributed by atoms with Crippen molar-refractivity contribution in [3.63, 3.8) is 0 Å². The molecule has 0 saturated heterocycles. The van der Waals surface area contributed by atoms with Crippen molar-refractivity contribution in [3.05, 3.63) is 5.01 Å². The van der Waals surface area contributed by atoms with Crippen molar-refractivity contribution in [2.45, 2.75) is 5.75 Å². The second-order valence-electron chi connectivity index (χ2n) is 0.914. The highest BCUT2D eigenvalue weighted by molar-refractivity contribution is 7.79. The van der Waals surface area contributed by atoms with Gasteiger partial charge in [-0.25, -0.2) is 0 Å². The van der Waals surface area contributed by atoms with Crippen LogP contribution in [0.5, 0.6) is 0 Å². The molecule has 0 aliphatic heterocycles. The summed E-state index contributed by atoms with van der Waals surface area (Å²) in [4.78, 5) is 0. The van der Waals surface area contributed by atoms with Gasteiger partial charge in [-0.1, -0.05) is 4.49 Å². The van der Waals surface area contributed by atoms with Gasteiger partial charge in [0.15, 0.2) is 0 Å². The highest BCUT2D eigenvalue weighted by Gasteiger charge is 1.89. The topological polar surface area (TPSA) is 38.7 Å². The van der Waals surface area contributed by atoms with Crippen LogP contribution < -0.4 is 0 Å². The average Bonchev–Trinajstić information content (AvgIpc) is 2.14. The molecule has 0 radical (unpaired) electrons. The van der Waals surface area contributed by atoms with E-state index in [4.69, 9.17) is 0 Å². The number of hydrogen-bond donors (Lipinski definition) is 1. The maximum absolute atomic E-state index is 3.94. The third kappa shape index (κ3) is 1.10. The van der Waals surface area contributed by atoms with Crippen LogP contribution in [-0.2, 0) is 5.75 Å². The fourth-order valence-electron chi connectivity index (χ4n) is 0.212. The minimum Gasteiger partial charge on any atom is -0.172 e. The molecular weight excluding hydrogens is 130 g/mol. The van der Waals surface area contributed by atoms with Crippen molar-refractivity contribution in [1.82, 2.24) is 14.8 Å². The van der Waals surface area contributed by atoms with Gasteiger partial charge in [0.1, 0.15) is 5.01 Å². The van der Waals surface area contributed by atoms with Gasteiger partial charge in [-0.05, 0) is 5.21 Å². The Balaban J connectivity index is 2.76. The van der Waals surface area contributed by atoms with Crippen molar-refractivity contribution >= 4 is 24.2 Å². The molecule has 7 heavy (non-hydrogen) atoms. The van der Waals surface area contributed by atoms with Crippen molar-refractivity contribution < 1.29 is 0 Å². The SMILES string of the molecule is SCc1nnns1. The summed E-state index contributed by atoms with van der Waals surface area (Å²) in [5.74, 6) is 0.637. The lowest BCUT2D eigenvalue weighted by Gasteiger charge is -1.71. The van der Waals surface area contributed by atoms with Crippen LogP contribution in [-0.4, -0.2) is 14.8 Å². The Hall–Kier alpha value is -0.160. The molecule has 0 saturated carbocycles. The van der Waals surface area contributed by atoms with Gasteiger partial charge in [-0.2, -0.15) is 12.6 Å². The summed E-state index contributed by atoms with van der Waals surface area (Å²) >= 11 is 5.22. The molecule has 0 bridgehead atoms. The Morgan fingerprint density at radius 2 is 2.57 bits per heavy atom. The summed E-state index contributed by atoms with van der Waals surface area (Å²) in [6.45, 7) is 0. The first kappa shape index (κ1) is 4.99. The minimum atomic E-state index is 0.637. The largest absolute Gasteiger partial charge is 0.172 e. The zero-order valence-electron chi connectivity index (χ0n) is 3.40. The predicted octanol–water partition coefficient (Wildman–Crippen LogP) is 0.363. The van der Waals surface area contributed by atoms with Crippen molar-refractivity contribution in [2.24, 2.45) is 0 Å². The number of rotatable bonds is 1. The molecule has 1 rings (SSSR count). The summed E-state index contributed by atoms with van der Waals surface area (Å²) in [6, 6.07) is 0. The van der Waals surface area contributed by atoms with Gasteiger partial charge in [-0.15, -0.1) is 5.10 Å². The highest BCUT2D eigenvalue weighted by Crippen LogP contribution is 1.99. The maximum atomic E-state index is 3.94. The number of hydrogen-bond acceptors (Lipinski definition) is 5. The Kier molecular flexibility index (Phi) is 1.59. The van der Waals surface area contributed by atoms with Gasteiger partial charge in [-0.3, -0.25) is 0 Å². The van der Waals surface area contributed by atoms with E-state index in [0.717, 1.165) is 5.01 Å². The normalized spacial score (nSPS) is 9.29. The third-order valence-electron chi connectivity index (χ3n) is 0.474. The predicted molar refractivity (Wildman–Crippen MR) is 30.4 cm³/mol. The van der Waals surface area contributed by atoms with E-state index in [-0.39, 0.29) is 0 Å². The number of aromatic nitrogens is 3. The van der Waals surface area contributed by atoms with E-state index < -0.39 is 0 Å². The maximum Gasteiger partial charge on any atom is 0.147 e. The van der Waals surface area contributed by atoms with Crippen molar-refractivity contribution in [3.8, 4) is 0 Å². The molecule has 0 amide bonds. The van der Waals surface area contributed by atoms with Crippen LogP contribution >= 0.6 is 24.2 Å². The van der Waals surface area contributed by atoms with Crippen LogP contribution in [0.25, 0.3) is 0 Å². The second kappa shape index (κ2) is 2.23. The lowest BCUT2D eigenvalue weighted by atomic mass is 10.9. The van der Waals surface area contributed by atoms with Crippen LogP contribution in [0.15, 0.2) is 0 Å². The fraction of sp³-hybridized carbons (Fsp3) is 0.500. The molecule has 1 aromatic heterocycles. The molecule has 0 aromatic carbocycles. The zero-order valence-corrected chi connectivity index (χ0v) is 5.12. The minimum absolute atomic E-state index is 0.637. The fourth-order valence-corrected chi connectivity index (χ4v) is 0.747. The first-order chi connectivity index (χ1) is 3.43. The Labute approximate surface area is 50.3 Å². The van der Waals surface area contributed by atoms with Crippen LogP contribution in [0.2, 0.25) is 0 Å². The summed E-state index contributed by atoms with van der Waals surface area (Å²) in [7, 11) is 0. The summed E-state index contributed by atoms with van der Waals surface area (Å²) in [5.41, 5.74) is 0. The Morgan fingerprint density at radius 1 is 1.71 bits per heavy atom. The summed E-state index contributed by atoms with van der Waals surface area (Å²) in [6.07, 6.45) is 0. The molecule has 0 aliphatic rings. The molecule has 3 nitrogen and oxygen atoms in total. The van der Waals surface area contributed by atoms with E-state index in [1.54, 1.807) is 0 Å². The smallest absolute Gasteiger partial charge is 0.147 e. The molecular formula is C2H3N3S2. The average molecular weight is 133 g/mol. The van der Waals surface area contributed by atoms with E-state index in [2.05, 4.69) is 27.4 Å². The first-order valence-corrected chi connectivity index (χ1v) is 3.09. The van der Waals surface area contributed by atoms with E-state index in [9.17, 15) is 0 Å². The molecule has 1 aromatic rings. The number of nitrogens with zero attached hydrogens (tertiary/aromatic N) is 3. The monoisotopic (exact) mass is 133 g/mol. The quantitative estimate of drug-likeness (QED) is 0.562. The highest BCUT2D eigenvalue weighted by atomic mass is 32.1. The van der Waals surface area contributed by atoms with Gasteiger partial charge >= 0.3 is 0 Å². The van der Waals surface area contributed by atoms with E-state index in [1.807, 2.05) is 0 Å². The molecule has 1 heterocycles. The van der Waals surface area contributed by atoms with Gasteiger partial charge in [0.2, 0.25) is 0 Å². The summed E-state index contributed by atoms with van der Waals surface area (Å²) < 4.78 is 3.52. The van der Waals surface area contributed by atoms with Crippen LogP contribution in [0, 0.1) is 0 Å². The Morgan fingerprint density at radius 3 is 2.86 bits per heavy atom. The third-order valence-corrected chi connectivity index (χ3v) is 1.58.